The summed E-state index contributed by atoms with van der Waals surface area (Å²) in [6, 6.07) is 7.36. The van der Waals surface area contributed by atoms with Gasteiger partial charge in [-0.3, -0.25) is 10.1 Å². The van der Waals surface area contributed by atoms with Gasteiger partial charge in [0.2, 0.25) is 11.6 Å². The second kappa shape index (κ2) is 6.56. The predicted octanol–water partition coefficient (Wildman–Crippen LogP) is 3.79. The van der Waals surface area contributed by atoms with Crippen molar-refractivity contribution in [1.29, 1.82) is 0 Å². The number of hydrogen-bond donors (Lipinski definition) is 2. The molecule has 9 heteroatoms. The van der Waals surface area contributed by atoms with Crippen molar-refractivity contribution in [3.05, 3.63) is 57.6 Å². The van der Waals surface area contributed by atoms with E-state index in [1.165, 1.54) is 6.33 Å². The van der Waals surface area contributed by atoms with E-state index < -0.39 is 4.92 Å². The first-order chi connectivity index (χ1) is 11.9. The van der Waals surface area contributed by atoms with Gasteiger partial charge in [-0.1, -0.05) is 22.9 Å². The summed E-state index contributed by atoms with van der Waals surface area (Å²) in [6.45, 7) is 5.62. The minimum Gasteiger partial charge on any atom is -0.360 e. The molecule has 0 fully saturated rings. The third-order valence-electron chi connectivity index (χ3n) is 3.51. The molecule has 0 spiro atoms. The van der Waals surface area contributed by atoms with Crippen molar-refractivity contribution in [1.82, 2.24) is 15.1 Å². The second-order valence-corrected chi connectivity index (χ2v) is 5.57. The Kier molecular flexibility index (Phi) is 4.29. The summed E-state index contributed by atoms with van der Waals surface area (Å²) in [5, 5.41) is 21.1. The van der Waals surface area contributed by atoms with Crippen LogP contribution in [0.25, 0.3) is 0 Å². The largest absolute Gasteiger partial charge is 0.360 e. The molecule has 0 atom stereocenters. The van der Waals surface area contributed by atoms with Gasteiger partial charge < -0.3 is 15.2 Å². The van der Waals surface area contributed by atoms with Crippen molar-refractivity contribution >= 4 is 28.8 Å². The molecular weight excluding hydrogens is 324 g/mol. The van der Waals surface area contributed by atoms with Gasteiger partial charge in [-0.25, -0.2) is 9.97 Å². The average Bonchev–Trinajstić information content (AvgIpc) is 2.95. The Morgan fingerprint density at radius 3 is 2.40 bits per heavy atom. The maximum absolute atomic E-state index is 11.6. The standard InChI is InChI=1S/C16H16N6O3/c1-9-4-5-12(10(2)6-9)19-15-14(22(23)24)16(18-8-17-15)20-13-7-11(3)25-21-13/h4-8H,1-3H3,(H2,17,18,19,20,21). The zero-order valence-corrected chi connectivity index (χ0v) is 13.9. The van der Waals surface area contributed by atoms with Gasteiger partial charge in [0.1, 0.15) is 12.1 Å². The minimum absolute atomic E-state index is 0.0283. The maximum atomic E-state index is 11.6. The zero-order valence-electron chi connectivity index (χ0n) is 13.9. The highest BCUT2D eigenvalue weighted by Crippen LogP contribution is 2.33. The first-order valence-electron chi connectivity index (χ1n) is 7.48. The summed E-state index contributed by atoms with van der Waals surface area (Å²) in [5.74, 6) is 1.03. The van der Waals surface area contributed by atoms with Gasteiger partial charge in [0.25, 0.3) is 0 Å². The average molecular weight is 340 g/mol. The molecule has 25 heavy (non-hydrogen) atoms. The first kappa shape index (κ1) is 16.4. The Morgan fingerprint density at radius 1 is 1.08 bits per heavy atom. The highest BCUT2D eigenvalue weighted by atomic mass is 16.6. The van der Waals surface area contributed by atoms with Crippen LogP contribution in [0.1, 0.15) is 16.9 Å². The van der Waals surface area contributed by atoms with Crippen LogP contribution < -0.4 is 10.6 Å². The summed E-state index contributed by atoms with van der Waals surface area (Å²) in [4.78, 5) is 19.0. The van der Waals surface area contributed by atoms with Crippen LogP contribution >= 0.6 is 0 Å². The van der Waals surface area contributed by atoms with E-state index in [0.29, 0.717) is 11.6 Å². The van der Waals surface area contributed by atoms with Crippen molar-refractivity contribution in [3.63, 3.8) is 0 Å². The topological polar surface area (TPSA) is 119 Å². The molecule has 1 aromatic carbocycles. The monoisotopic (exact) mass is 340 g/mol. The van der Waals surface area contributed by atoms with Gasteiger partial charge in [0, 0.05) is 11.8 Å². The van der Waals surface area contributed by atoms with Crippen molar-refractivity contribution in [2.45, 2.75) is 20.8 Å². The van der Waals surface area contributed by atoms with Crippen LogP contribution in [0.2, 0.25) is 0 Å². The zero-order chi connectivity index (χ0) is 18.0. The number of nitrogens with one attached hydrogen (secondary N) is 2. The lowest BCUT2D eigenvalue weighted by molar-refractivity contribution is -0.383. The van der Waals surface area contributed by atoms with E-state index >= 15 is 0 Å². The molecule has 0 saturated heterocycles. The molecular formula is C16H16N6O3. The Hall–Kier alpha value is -3.49. The van der Waals surface area contributed by atoms with Gasteiger partial charge in [-0.05, 0) is 32.4 Å². The Morgan fingerprint density at radius 2 is 1.80 bits per heavy atom. The van der Waals surface area contributed by atoms with Crippen molar-refractivity contribution in [2.24, 2.45) is 0 Å². The summed E-state index contributed by atoms with van der Waals surface area (Å²) >= 11 is 0. The van der Waals surface area contributed by atoms with Crippen molar-refractivity contribution < 1.29 is 9.45 Å². The van der Waals surface area contributed by atoms with Crippen LogP contribution in [-0.4, -0.2) is 20.0 Å². The summed E-state index contributed by atoms with van der Waals surface area (Å²) < 4.78 is 4.95. The molecule has 0 radical (unpaired) electrons. The lowest BCUT2D eigenvalue weighted by Crippen LogP contribution is -2.06. The number of aryl methyl sites for hydroxylation is 3. The van der Waals surface area contributed by atoms with Gasteiger partial charge >= 0.3 is 5.69 Å². The van der Waals surface area contributed by atoms with E-state index in [9.17, 15) is 10.1 Å². The molecule has 0 saturated carbocycles. The van der Waals surface area contributed by atoms with Gasteiger partial charge in [0.15, 0.2) is 5.82 Å². The molecule has 0 unspecified atom stereocenters. The van der Waals surface area contributed by atoms with Gasteiger partial charge in [-0.15, -0.1) is 0 Å². The number of benzene rings is 1. The fraction of sp³-hybridized carbons (Fsp3) is 0.188. The molecule has 0 aliphatic carbocycles. The Labute approximate surface area is 143 Å². The highest BCUT2D eigenvalue weighted by Gasteiger charge is 2.24. The molecule has 2 heterocycles. The van der Waals surface area contributed by atoms with Gasteiger partial charge in [-0.2, -0.15) is 0 Å². The highest BCUT2D eigenvalue weighted by molar-refractivity contribution is 5.76. The van der Waals surface area contributed by atoms with Crippen molar-refractivity contribution in [3.8, 4) is 0 Å². The Bertz CT molecular complexity index is 937. The molecule has 2 N–H and O–H groups in total. The van der Waals surface area contributed by atoms with E-state index in [-0.39, 0.29) is 17.3 Å². The SMILES string of the molecule is Cc1ccc(Nc2ncnc(Nc3cc(C)on3)c2[N+](=O)[O-])c(C)c1. The second-order valence-electron chi connectivity index (χ2n) is 5.57. The van der Waals surface area contributed by atoms with Crippen LogP contribution in [0.4, 0.5) is 28.8 Å². The third-order valence-corrected chi connectivity index (χ3v) is 3.51. The van der Waals surface area contributed by atoms with E-state index in [0.717, 1.165) is 16.8 Å². The number of nitro groups is 1. The van der Waals surface area contributed by atoms with E-state index in [4.69, 9.17) is 4.52 Å². The first-order valence-corrected chi connectivity index (χ1v) is 7.48. The molecule has 0 aliphatic rings. The molecule has 9 nitrogen and oxygen atoms in total. The summed E-state index contributed by atoms with van der Waals surface area (Å²) in [7, 11) is 0. The lowest BCUT2D eigenvalue weighted by atomic mass is 10.1. The molecule has 0 amide bonds. The van der Waals surface area contributed by atoms with E-state index in [2.05, 4.69) is 25.8 Å². The van der Waals surface area contributed by atoms with Crippen LogP contribution in [-0.2, 0) is 0 Å². The number of hydrogen-bond acceptors (Lipinski definition) is 8. The van der Waals surface area contributed by atoms with Crippen LogP contribution in [0.15, 0.2) is 35.1 Å². The van der Waals surface area contributed by atoms with Crippen LogP contribution in [0.3, 0.4) is 0 Å². The van der Waals surface area contributed by atoms with Crippen LogP contribution in [0, 0.1) is 30.9 Å². The molecule has 2 aromatic heterocycles. The molecule has 0 bridgehead atoms. The lowest BCUT2D eigenvalue weighted by Gasteiger charge is -2.11. The fourth-order valence-corrected chi connectivity index (χ4v) is 2.36. The molecule has 3 aromatic rings. The smallest absolute Gasteiger partial charge is 0.353 e. The molecule has 3 rings (SSSR count). The maximum Gasteiger partial charge on any atom is 0.353 e. The molecule has 0 aliphatic heterocycles. The Balaban J connectivity index is 1.98. The normalized spacial score (nSPS) is 10.5. The predicted molar refractivity (Wildman–Crippen MR) is 92.4 cm³/mol. The summed E-state index contributed by atoms with van der Waals surface area (Å²) in [5.41, 5.74) is 2.51. The van der Waals surface area contributed by atoms with E-state index in [1.807, 2.05) is 32.0 Å². The minimum atomic E-state index is -0.541. The quantitative estimate of drug-likeness (QED) is 0.532. The number of rotatable bonds is 5. The van der Waals surface area contributed by atoms with Crippen molar-refractivity contribution in [2.75, 3.05) is 10.6 Å². The third kappa shape index (κ3) is 3.55. The number of aromatic nitrogens is 3. The molecule has 128 valence electrons. The number of nitrogens with zero attached hydrogens (tertiary/aromatic N) is 4. The fourth-order valence-electron chi connectivity index (χ4n) is 2.36. The van der Waals surface area contributed by atoms with Gasteiger partial charge in [0.05, 0.1) is 4.92 Å². The van der Waals surface area contributed by atoms with Crippen LogP contribution in [0.5, 0.6) is 0 Å². The summed E-state index contributed by atoms with van der Waals surface area (Å²) in [6.07, 6.45) is 1.24. The number of anilines is 4. The van der Waals surface area contributed by atoms with E-state index in [1.54, 1.807) is 13.0 Å².